The summed E-state index contributed by atoms with van der Waals surface area (Å²) in [5.41, 5.74) is 0.336. The van der Waals surface area contributed by atoms with E-state index in [0.29, 0.717) is 45.0 Å². The highest BCUT2D eigenvalue weighted by Gasteiger charge is 2.43. The van der Waals surface area contributed by atoms with Crippen LogP contribution in [0.5, 0.6) is 5.75 Å². The van der Waals surface area contributed by atoms with Gasteiger partial charge in [0.25, 0.3) is 5.91 Å². The van der Waals surface area contributed by atoms with E-state index in [1.807, 2.05) is 30.3 Å². The molecular weight excluding hydrogens is 358 g/mol. The summed E-state index contributed by atoms with van der Waals surface area (Å²) in [5.74, 6) is 0.440. The Hall–Kier alpha value is -2.93. The van der Waals surface area contributed by atoms with Gasteiger partial charge in [0, 0.05) is 25.7 Å². The van der Waals surface area contributed by atoms with Gasteiger partial charge in [-0.05, 0) is 24.3 Å². The molecule has 3 heterocycles. The Labute approximate surface area is 163 Å². The van der Waals surface area contributed by atoms with Crippen LogP contribution < -0.4 is 4.74 Å². The zero-order valence-corrected chi connectivity index (χ0v) is 15.6. The van der Waals surface area contributed by atoms with E-state index in [2.05, 4.69) is 4.98 Å². The highest BCUT2D eigenvalue weighted by atomic mass is 16.5. The molecule has 2 atom stereocenters. The van der Waals surface area contributed by atoms with E-state index in [1.54, 1.807) is 34.2 Å². The average Bonchev–Trinajstić information content (AvgIpc) is 3.18. The molecule has 2 amide bonds. The minimum Gasteiger partial charge on any atom is -0.488 e. The quantitative estimate of drug-likeness (QED) is 0.805. The van der Waals surface area contributed by atoms with Gasteiger partial charge < -0.3 is 19.3 Å². The number of morpholine rings is 1. The van der Waals surface area contributed by atoms with Crippen molar-refractivity contribution in [3.8, 4) is 5.75 Å². The first-order chi connectivity index (χ1) is 13.7. The van der Waals surface area contributed by atoms with Crippen molar-refractivity contribution in [2.45, 2.75) is 18.6 Å². The van der Waals surface area contributed by atoms with Gasteiger partial charge in [-0.2, -0.15) is 0 Å². The van der Waals surface area contributed by atoms with Crippen LogP contribution >= 0.6 is 0 Å². The molecule has 0 unspecified atom stereocenters. The number of rotatable bonds is 4. The normalized spacial score (nSPS) is 22.1. The molecule has 7 nitrogen and oxygen atoms in total. The third-order valence-corrected chi connectivity index (χ3v) is 5.06. The maximum Gasteiger partial charge on any atom is 0.273 e. The first-order valence-corrected chi connectivity index (χ1v) is 9.52. The van der Waals surface area contributed by atoms with E-state index in [1.165, 1.54) is 0 Å². The van der Waals surface area contributed by atoms with Gasteiger partial charge in [0.1, 0.15) is 23.6 Å². The monoisotopic (exact) mass is 381 g/mol. The third kappa shape index (κ3) is 3.99. The van der Waals surface area contributed by atoms with Gasteiger partial charge in [0.2, 0.25) is 5.91 Å². The van der Waals surface area contributed by atoms with Crippen LogP contribution in [0.3, 0.4) is 0 Å². The first-order valence-electron chi connectivity index (χ1n) is 9.52. The van der Waals surface area contributed by atoms with Crippen LogP contribution in [-0.4, -0.2) is 71.6 Å². The second-order valence-corrected chi connectivity index (χ2v) is 6.91. The summed E-state index contributed by atoms with van der Waals surface area (Å²) in [4.78, 5) is 33.7. The SMILES string of the molecule is O=C([C@@H]1C[C@H](Oc2ccccc2)CN1C(=O)c1ccccn1)N1CCOCC1. The van der Waals surface area contributed by atoms with Crippen molar-refractivity contribution in [1.29, 1.82) is 0 Å². The lowest BCUT2D eigenvalue weighted by atomic mass is 10.1. The van der Waals surface area contributed by atoms with Crippen molar-refractivity contribution >= 4 is 11.8 Å². The molecule has 0 N–H and O–H groups in total. The van der Waals surface area contributed by atoms with E-state index >= 15 is 0 Å². The maximum atomic E-state index is 13.1. The van der Waals surface area contributed by atoms with Crippen molar-refractivity contribution in [2.75, 3.05) is 32.8 Å². The Morgan fingerprint density at radius 3 is 2.50 bits per heavy atom. The van der Waals surface area contributed by atoms with Crippen molar-refractivity contribution < 1.29 is 19.1 Å². The molecule has 1 aromatic carbocycles. The summed E-state index contributed by atoms with van der Waals surface area (Å²) in [6.07, 6.45) is 1.80. The molecule has 2 aliphatic rings. The zero-order valence-electron chi connectivity index (χ0n) is 15.6. The van der Waals surface area contributed by atoms with Gasteiger partial charge in [-0.25, -0.2) is 0 Å². The van der Waals surface area contributed by atoms with Crippen LogP contribution in [-0.2, 0) is 9.53 Å². The van der Waals surface area contributed by atoms with Crippen molar-refractivity contribution in [3.63, 3.8) is 0 Å². The standard InChI is InChI=1S/C21H23N3O4/c25-20(18-8-4-5-9-22-18)24-15-17(28-16-6-2-1-3-7-16)14-19(24)21(26)23-10-12-27-13-11-23/h1-9,17,19H,10-15H2/t17-,19-/m0/s1. The van der Waals surface area contributed by atoms with Crippen molar-refractivity contribution in [2.24, 2.45) is 0 Å². The molecule has 146 valence electrons. The largest absolute Gasteiger partial charge is 0.488 e. The number of carbonyl (C=O) groups excluding carboxylic acids is 2. The molecule has 2 aromatic rings. The van der Waals surface area contributed by atoms with Crippen LogP contribution in [0.25, 0.3) is 0 Å². The molecule has 4 rings (SSSR count). The Balaban J connectivity index is 1.54. The van der Waals surface area contributed by atoms with E-state index in [4.69, 9.17) is 9.47 Å². The summed E-state index contributed by atoms with van der Waals surface area (Å²) in [7, 11) is 0. The van der Waals surface area contributed by atoms with Gasteiger partial charge in [-0.1, -0.05) is 24.3 Å². The lowest BCUT2D eigenvalue weighted by molar-refractivity contribution is -0.139. The topological polar surface area (TPSA) is 72.0 Å². The summed E-state index contributed by atoms with van der Waals surface area (Å²) in [6, 6.07) is 14.1. The number of pyridine rings is 1. The summed E-state index contributed by atoms with van der Waals surface area (Å²) >= 11 is 0. The number of para-hydroxylation sites is 1. The molecule has 2 aliphatic heterocycles. The van der Waals surface area contributed by atoms with Gasteiger partial charge >= 0.3 is 0 Å². The molecule has 2 saturated heterocycles. The van der Waals surface area contributed by atoms with Crippen molar-refractivity contribution in [3.05, 3.63) is 60.4 Å². The number of benzene rings is 1. The smallest absolute Gasteiger partial charge is 0.273 e. The lowest BCUT2D eigenvalue weighted by Crippen LogP contribution is -2.51. The van der Waals surface area contributed by atoms with Crippen molar-refractivity contribution in [1.82, 2.24) is 14.8 Å². The molecule has 28 heavy (non-hydrogen) atoms. The fourth-order valence-corrected chi connectivity index (χ4v) is 3.66. The lowest BCUT2D eigenvalue weighted by Gasteiger charge is -2.32. The Morgan fingerprint density at radius 2 is 1.79 bits per heavy atom. The number of nitrogens with zero attached hydrogens (tertiary/aromatic N) is 3. The Bertz CT molecular complexity index is 809. The van der Waals surface area contributed by atoms with Gasteiger partial charge in [-0.3, -0.25) is 14.6 Å². The van der Waals surface area contributed by atoms with Crippen LogP contribution in [0.1, 0.15) is 16.9 Å². The summed E-state index contributed by atoms with van der Waals surface area (Å²) in [6.45, 7) is 2.49. The van der Waals surface area contributed by atoms with Gasteiger partial charge in [0.15, 0.2) is 0 Å². The predicted octanol–water partition coefficient (Wildman–Crippen LogP) is 1.60. The summed E-state index contributed by atoms with van der Waals surface area (Å²) < 4.78 is 11.4. The van der Waals surface area contributed by atoms with Crippen LogP contribution in [0.4, 0.5) is 0 Å². The highest BCUT2D eigenvalue weighted by Crippen LogP contribution is 2.26. The first kappa shape index (κ1) is 18.4. The molecule has 0 saturated carbocycles. The number of hydrogen-bond donors (Lipinski definition) is 0. The average molecular weight is 381 g/mol. The minimum absolute atomic E-state index is 0.0493. The molecule has 2 fully saturated rings. The molecule has 0 spiro atoms. The second kappa shape index (κ2) is 8.39. The van der Waals surface area contributed by atoms with Crippen LogP contribution in [0.2, 0.25) is 0 Å². The molecule has 0 radical (unpaired) electrons. The van der Waals surface area contributed by atoms with E-state index in [0.717, 1.165) is 5.75 Å². The molecule has 1 aromatic heterocycles. The number of hydrogen-bond acceptors (Lipinski definition) is 5. The third-order valence-electron chi connectivity index (χ3n) is 5.06. The fourth-order valence-electron chi connectivity index (χ4n) is 3.66. The maximum absolute atomic E-state index is 13.1. The Morgan fingerprint density at radius 1 is 1.04 bits per heavy atom. The fraction of sp³-hybridized carbons (Fsp3) is 0.381. The van der Waals surface area contributed by atoms with Gasteiger partial charge in [-0.15, -0.1) is 0 Å². The second-order valence-electron chi connectivity index (χ2n) is 6.91. The highest BCUT2D eigenvalue weighted by molar-refractivity contribution is 5.96. The van der Waals surface area contributed by atoms with E-state index in [-0.39, 0.29) is 17.9 Å². The number of carbonyl (C=O) groups is 2. The molecule has 0 bridgehead atoms. The molecule has 0 aliphatic carbocycles. The summed E-state index contributed by atoms with van der Waals surface area (Å²) in [5, 5.41) is 0. The number of ether oxygens (including phenoxy) is 2. The number of likely N-dealkylation sites (tertiary alicyclic amines) is 1. The van der Waals surface area contributed by atoms with E-state index < -0.39 is 6.04 Å². The van der Waals surface area contributed by atoms with E-state index in [9.17, 15) is 9.59 Å². The minimum atomic E-state index is -0.554. The molecular formula is C21H23N3O4. The Kier molecular flexibility index (Phi) is 5.53. The van der Waals surface area contributed by atoms with Gasteiger partial charge in [0.05, 0.1) is 19.8 Å². The van der Waals surface area contributed by atoms with Crippen LogP contribution in [0, 0.1) is 0 Å². The van der Waals surface area contributed by atoms with Crippen LogP contribution in [0.15, 0.2) is 54.7 Å². The number of amides is 2. The zero-order chi connectivity index (χ0) is 19.3. The number of aromatic nitrogens is 1. The molecule has 7 heteroatoms. The predicted molar refractivity (Wildman–Crippen MR) is 102 cm³/mol.